The number of piperidine rings is 1. The van der Waals surface area contributed by atoms with Crippen LogP contribution in [-0.4, -0.2) is 55.1 Å². The molecular formula is C17H22IN3O4. The van der Waals surface area contributed by atoms with Gasteiger partial charge in [0.1, 0.15) is 0 Å². The fourth-order valence-electron chi connectivity index (χ4n) is 2.67. The van der Waals surface area contributed by atoms with E-state index in [1.165, 1.54) is 0 Å². The molecule has 1 unspecified atom stereocenters. The van der Waals surface area contributed by atoms with Crippen LogP contribution in [0.2, 0.25) is 0 Å². The van der Waals surface area contributed by atoms with Gasteiger partial charge < -0.3 is 20.3 Å². The maximum atomic E-state index is 12.3. The van der Waals surface area contributed by atoms with Crippen LogP contribution in [0.5, 0.6) is 0 Å². The molecule has 0 aromatic heterocycles. The maximum absolute atomic E-state index is 12.3. The van der Waals surface area contributed by atoms with Crippen molar-refractivity contribution in [2.45, 2.75) is 25.8 Å². The van der Waals surface area contributed by atoms with Gasteiger partial charge in [-0.05, 0) is 54.5 Å². The summed E-state index contributed by atoms with van der Waals surface area (Å²) in [6.45, 7) is 3.04. The van der Waals surface area contributed by atoms with Crippen molar-refractivity contribution in [3.63, 3.8) is 0 Å². The zero-order valence-corrected chi connectivity index (χ0v) is 16.2. The van der Waals surface area contributed by atoms with Crippen LogP contribution in [0.4, 0.5) is 4.79 Å². The van der Waals surface area contributed by atoms with Gasteiger partial charge in [0, 0.05) is 22.7 Å². The molecule has 0 saturated carbocycles. The number of hydrogen-bond acceptors (Lipinski definition) is 4. The number of amides is 3. The topological polar surface area (TPSA) is 87.7 Å². The maximum Gasteiger partial charge on any atom is 0.407 e. The fourth-order valence-corrected chi connectivity index (χ4v) is 3.30. The molecule has 2 N–H and O–H groups in total. The lowest BCUT2D eigenvalue weighted by Crippen LogP contribution is -2.51. The second-order valence-electron chi connectivity index (χ2n) is 5.71. The Bertz CT molecular complexity index is 638. The largest absolute Gasteiger partial charge is 0.450 e. The summed E-state index contributed by atoms with van der Waals surface area (Å²) in [5.74, 6) is -0.425. The number of nitrogens with zero attached hydrogens (tertiary/aromatic N) is 1. The molecule has 0 spiro atoms. The summed E-state index contributed by atoms with van der Waals surface area (Å²) >= 11 is 2.09. The highest BCUT2D eigenvalue weighted by molar-refractivity contribution is 14.1. The highest BCUT2D eigenvalue weighted by atomic mass is 127. The number of alkyl carbamates (subject to hydrolysis) is 1. The monoisotopic (exact) mass is 459 g/mol. The molecule has 136 valence electrons. The van der Waals surface area contributed by atoms with Gasteiger partial charge in [-0.15, -0.1) is 0 Å². The number of hydrogen-bond donors (Lipinski definition) is 2. The summed E-state index contributed by atoms with van der Waals surface area (Å²) in [6, 6.07) is 7.08. The minimum Gasteiger partial charge on any atom is -0.450 e. The molecule has 0 radical (unpaired) electrons. The molecule has 1 fully saturated rings. The van der Waals surface area contributed by atoms with Crippen LogP contribution in [0.25, 0.3) is 0 Å². The van der Waals surface area contributed by atoms with Crippen LogP contribution < -0.4 is 10.6 Å². The van der Waals surface area contributed by atoms with E-state index in [2.05, 4.69) is 33.2 Å². The van der Waals surface area contributed by atoms with E-state index < -0.39 is 6.09 Å². The lowest BCUT2D eigenvalue weighted by atomic mass is 10.1. The minimum absolute atomic E-state index is 0.0596. The molecule has 25 heavy (non-hydrogen) atoms. The first-order valence-corrected chi connectivity index (χ1v) is 9.33. The first-order chi connectivity index (χ1) is 12.0. The summed E-state index contributed by atoms with van der Waals surface area (Å²) in [6.07, 6.45) is 1.14. The smallest absolute Gasteiger partial charge is 0.407 e. The number of benzene rings is 1. The minimum atomic E-state index is -0.464. The Morgan fingerprint density at radius 1 is 1.32 bits per heavy atom. The van der Waals surface area contributed by atoms with E-state index >= 15 is 0 Å². The molecule has 1 aromatic rings. The van der Waals surface area contributed by atoms with Gasteiger partial charge in [-0.25, -0.2) is 4.79 Å². The van der Waals surface area contributed by atoms with Gasteiger partial charge in [0.05, 0.1) is 18.7 Å². The predicted octanol–water partition coefficient (Wildman–Crippen LogP) is 1.76. The third-order valence-corrected chi connectivity index (χ3v) is 4.83. The molecule has 8 heteroatoms. The van der Waals surface area contributed by atoms with Crippen LogP contribution in [0.15, 0.2) is 24.3 Å². The Morgan fingerprint density at radius 2 is 2.08 bits per heavy atom. The van der Waals surface area contributed by atoms with Crippen molar-refractivity contribution in [2.24, 2.45) is 0 Å². The zero-order chi connectivity index (χ0) is 18.2. The van der Waals surface area contributed by atoms with Gasteiger partial charge in [0.25, 0.3) is 5.91 Å². The average molecular weight is 459 g/mol. The van der Waals surface area contributed by atoms with E-state index in [4.69, 9.17) is 4.74 Å². The SMILES string of the molecule is CCOC(=O)NC1CCCN(C(=O)CNC(=O)c2ccccc2I)C1. The van der Waals surface area contributed by atoms with E-state index in [0.717, 1.165) is 16.4 Å². The number of halogens is 1. The van der Waals surface area contributed by atoms with E-state index in [9.17, 15) is 14.4 Å². The number of carbonyl (C=O) groups is 3. The average Bonchev–Trinajstić information content (AvgIpc) is 2.60. The van der Waals surface area contributed by atoms with E-state index in [1.807, 2.05) is 12.1 Å². The van der Waals surface area contributed by atoms with Crippen molar-refractivity contribution in [3.05, 3.63) is 33.4 Å². The number of carbonyl (C=O) groups excluding carboxylic acids is 3. The number of ether oxygens (including phenoxy) is 1. The summed E-state index contributed by atoms with van der Waals surface area (Å²) in [7, 11) is 0. The molecule has 7 nitrogen and oxygen atoms in total. The molecule has 1 saturated heterocycles. The third-order valence-electron chi connectivity index (χ3n) is 3.89. The first-order valence-electron chi connectivity index (χ1n) is 8.25. The molecule has 1 aromatic carbocycles. The van der Waals surface area contributed by atoms with Crippen molar-refractivity contribution in [1.29, 1.82) is 0 Å². The van der Waals surface area contributed by atoms with Crippen molar-refractivity contribution in [2.75, 3.05) is 26.2 Å². The summed E-state index contributed by atoms with van der Waals surface area (Å²) in [4.78, 5) is 37.7. The summed E-state index contributed by atoms with van der Waals surface area (Å²) in [5.41, 5.74) is 0.552. The van der Waals surface area contributed by atoms with E-state index in [0.29, 0.717) is 25.3 Å². The Kier molecular flexibility index (Phi) is 7.48. The molecule has 1 aliphatic heterocycles. The van der Waals surface area contributed by atoms with Gasteiger partial charge in [-0.1, -0.05) is 12.1 Å². The summed E-state index contributed by atoms with van der Waals surface area (Å²) in [5, 5.41) is 5.43. The molecule has 1 aliphatic rings. The molecule has 0 bridgehead atoms. The zero-order valence-electron chi connectivity index (χ0n) is 14.1. The molecule has 1 heterocycles. The van der Waals surface area contributed by atoms with E-state index in [1.54, 1.807) is 24.0 Å². The normalized spacial score (nSPS) is 16.9. The molecule has 0 aliphatic carbocycles. The van der Waals surface area contributed by atoms with Gasteiger partial charge in [0.2, 0.25) is 5.91 Å². The summed E-state index contributed by atoms with van der Waals surface area (Å²) < 4.78 is 5.70. The Hall–Kier alpha value is -1.84. The van der Waals surface area contributed by atoms with E-state index in [-0.39, 0.29) is 24.4 Å². The second kappa shape index (κ2) is 9.59. The van der Waals surface area contributed by atoms with Crippen LogP contribution in [0.1, 0.15) is 30.1 Å². The highest BCUT2D eigenvalue weighted by Crippen LogP contribution is 2.12. The van der Waals surface area contributed by atoms with Crippen LogP contribution in [0.3, 0.4) is 0 Å². The number of rotatable bonds is 5. The van der Waals surface area contributed by atoms with Crippen LogP contribution in [0, 0.1) is 3.57 Å². The predicted molar refractivity (Wildman–Crippen MR) is 101 cm³/mol. The van der Waals surface area contributed by atoms with Crippen LogP contribution >= 0.6 is 22.6 Å². The fraction of sp³-hybridized carbons (Fsp3) is 0.471. The van der Waals surface area contributed by atoms with Crippen LogP contribution in [-0.2, 0) is 9.53 Å². The second-order valence-corrected chi connectivity index (χ2v) is 6.87. The number of likely N-dealkylation sites (tertiary alicyclic amines) is 1. The highest BCUT2D eigenvalue weighted by Gasteiger charge is 2.25. The van der Waals surface area contributed by atoms with Crippen molar-refractivity contribution in [3.8, 4) is 0 Å². The Balaban J connectivity index is 1.83. The van der Waals surface area contributed by atoms with Crippen molar-refractivity contribution in [1.82, 2.24) is 15.5 Å². The van der Waals surface area contributed by atoms with Crippen molar-refractivity contribution < 1.29 is 19.1 Å². The molecule has 3 amide bonds. The molecule has 2 rings (SSSR count). The molecule has 1 atom stereocenters. The number of nitrogens with one attached hydrogen (secondary N) is 2. The Morgan fingerprint density at radius 3 is 2.80 bits per heavy atom. The van der Waals surface area contributed by atoms with Gasteiger partial charge in [-0.3, -0.25) is 9.59 Å². The van der Waals surface area contributed by atoms with Gasteiger partial charge in [0.15, 0.2) is 0 Å². The lowest BCUT2D eigenvalue weighted by molar-refractivity contribution is -0.131. The Labute approximate surface area is 160 Å². The first kappa shape index (κ1) is 19.5. The third kappa shape index (κ3) is 5.87. The quantitative estimate of drug-likeness (QED) is 0.658. The molecular weight excluding hydrogens is 437 g/mol. The lowest BCUT2D eigenvalue weighted by Gasteiger charge is -2.33. The standard InChI is InChI=1S/C17H22IN3O4/c1-2-25-17(24)20-12-6-5-9-21(11-12)15(22)10-19-16(23)13-7-3-4-8-14(13)18/h3-4,7-8,12H,2,5-6,9-11H2,1H3,(H,19,23)(H,20,24). The van der Waals surface area contributed by atoms with Gasteiger partial charge >= 0.3 is 6.09 Å². The van der Waals surface area contributed by atoms with Crippen molar-refractivity contribution >= 4 is 40.5 Å². The van der Waals surface area contributed by atoms with Gasteiger partial charge in [-0.2, -0.15) is 0 Å².